The van der Waals surface area contributed by atoms with E-state index in [0.29, 0.717) is 17.1 Å². The Balaban J connectivity index is 2.35. The minimum absolute atomic E-state index is 0.0733. The Hall–Kier alpha value is -1.87. The zero-order valence-corrected chi connectivity index (χ0v) is 10.5. The summed E-state index contributed by atoms with van der Waals surface area (Å²) in [6.45, 7) is 2.03. The first-order valence-corrected chi connectivity index (χ1v) is 6.51. The molecule has 0 fully saturated rings. The Morgan fingerprint density at radius 1 is 1.50 bits per heavy atom. The van der Waals surface area contributed by atoms with Crippen molar-refractivity contribution in [2.75, 3.05) is 5.75 Å². The van der Waals surface area contributed by atoms with Crippen LogP contribution in [0.5, 0.6) is 0 Å². The van der Waals surface area contributed by atoms with Gasteiger partial charge in [0.05, 0.1) is 11.3 Å². The molecule has 4 nitrogen and oxygen atoms in total. The van der Waals surface area contributed by atoms with Crippen molar-refractivity contribution in [2.24, 2.45) is 0 Å². The summed E-state index contributed by atoms with van der Waals surface area (Å²) in [5.41, 5.74) is 0.258. The molecule has 6 heteroatoms. The van der Waals surface area contributed by atoms with Gasteiger partial charge in [-0.2, -0.15) is 22.0 Å². The van der Waals surface area contributed by atoms with Gasteiger partial charge in [-0.25, -0.2) is 4.39 Å². The van der Waals surface area contributed by atoms with Crippen molar-refractivity contribution < 1.29 is 8.91 Å². The van der Waals surface area contributed by atoms with Crippen molar-refractivity contribution in [1.82, 2.24) is 10.1 Å². The lowest BCUT2D eigenvalue weighted by atomic mass is 10.1. The number of halogens is 1. The molecule has 0 radical (unpaired) electrons. The summed E-state index contributed by atoms with van der Waals surface area (Å²) in [5.74, 6) is 1.73. The molecular weight excluding hydrogens is 253 g/mol. The maximum atomic E-state index is 13.4. The molecule has 1 aromatic heterocycles. The Labute approximate surface area is 108 Å². The van der Waals surface area contributed by atoms with E-state index in [1.54, 1.807) is 23.9 Å². The molecule has 0 bridgehead atoms. The molecule has 2 aromatic rings. The Bertz CT molecular complexity index is 591. The van der Waals surface area contributed by atoms with Crippen LogP contribution in [0.4, 0.5) is 4.39 Å². The highest BCUT2D eigenvalue weighted by Crippen LogP contribution is 2.24. The van der Waals surface area contributed by atoms with E-state index >= 15 is 0 Å². The molecule has 18 heavy (non-hydrogen) atoms. The van der Waals surface area contributed by atoms with E-state index in [4.69, 9.17) is 9.78 Å². The lowest BCUT2D eigenvalue weighted by Crippen LogP contribution is -1.90. The maximum Gasteiger partial charge on any atom is 0.259 e. The molecule has 0 aliphatic carbocycles. The second kappa shape index (κ2) is 5.65. The summed E-state index contributed by atoms with van der Waals surface area (Å²) in [7, 11) is 0. The Morgan fingerprint density at radius 2 is 2.33 bits per heavy atom. The van der Waals surface area contributed by atoms with Gasteiger partial charge < -0.3 is 4.52 Å². The number of aromatic nitrogens is 2. The van der Waals surface area contributed by atoms with Gasteiger partial charge in [-0.15, -0.1) is 0 Å². The number of hydrogen-bond acceptors (Lipinski definition) is 5. The van der Waals surface area contributed by atoms with Crippen LogP contribution < -0.4 is 0 Å². The van der Waals surface area contributed by atoms with Gasteiger partial charge >= 0.3 is 0 Å². The number of rotatable bonds is 4. The highest BCUT2D eigenvalue weighted by molar-refractivity contribution is 7.98. The molecule has 0 atom stereocenters. The predicted molar refractivity (Wildman–Crippen MR) is 66.2 cm³/mol. The monoisotopic (exact) mass is 263 g/mol. The summed E-state index contributed by atoms with van der Waals surface area (Å²) in [4.78, 5) is 4.15. The van der Waals surface area contributed by atoms with E-state index in [0.717, 1.165) is 5.75 Å². The van der Waals surface area contributed by atoms with Crippen molar-refractivity contribution in [1.29, 1.82) is 5.26 Å². The number of nitriles is 1. The molecule has 1 heterocycles. The average Bonchev–Trinajstić information content (AvgIpc) is 2.84. The van der Waals surface area contributed by atoms with Crippen LogP contribution in [0.1, 0.15) is 18.3 Å². The standard InChI is InChI=1S/C12H10FN3OS/c1-2-18-7-11-15-12(17-16-11)8-4-3-5-10(13)9(8)6-14/h3-5H,2,7H2,1H3. The second-order valence-corrected chi connectivity index (χ2v) is 4.70. The van der Waals surface area contributed by atoms with Gasteiger partial charge in [-0.1, -0.05) is 18.1 Å². The molecule has 0 saturated heterocycles. The first kappa shape index (κ1) is 12.6. The molecule has 2 rings (SSSR count). The van der Waals surface area contributed by atoms with Gasteiger partial charge in [0, 0.05) is 0 Å². The van der Waals surface area contributed by atoms with Crippen molar-refractivity contribution >= 4 is 11.8 Å². The SMILES string of the molecule is CCSCc1noc(-c2cccc(F)c2C#N)n1. The predicted octanol–water partition coefficient (Wildman–Crippen LogP) is 3.00. The minimum atomic E-state index is -0.585. The molecule has 0 N–H and O–H groups in total. The molecular formula is C12H10FN3OS. The van der Waals surface area contributed by atoms with Gasteiger partial charge in [-0.3, -0.25) is 0 Å². The first-order valence-electron chi connectivity index (χ1n) is 5.35. The van der Waals surface area contributed by atoms with Gasteiger partial charge in [0.2, 0.25) is 0 Å². The smallest absolute Gasteiger partial charge is 0.259 e. The molecule has 92 valence electrons. The Morgan fingerprint density at radius 3 is 3.06 bits per heavy atom. The van der Waals surface area contributed by atoms with Crippen molar-refractivity contribution in [3.05, 3.63) is 35.4 Å². The fourth-order valence-corrected chi connectivity index (χ4v) is 1.94. The average molecular weight is 263 g/mol. The number of nitrogens with zero attached hydrogens (tertiary/aromatic N) is 3. The van der Waals surface area contributed by atoms with Crippen LogP contribution in [0.2, 0.25) is 0 Å². The summed E-state index contributed by atoms with van der Waals surface area (Å²) >= 11 is 1.66. The summed E-state index contributed by atoms with van der Waals surface area (Å²) < 4.78 is 18.5. The third-order valence-corrected chi connectivity index (χ3v) is 3.13. The topological polar surface area (TPSA) is 62.7 Å². The van der Waals surface area contributed by atoms with Crippen LogP contribution in [-0.2, 0) is 5.75 Å². The van der Waals surface area contributed by atoms with Crippen LogP contribution in [0.3, 0.4) is 0 Å². The van der Waals surface area contributed by atoms with Crippen molar-refractivity contribution in [3.8, 4) is 17.5 Å². The van der Waals surface area contributed by atoms with Crippen LogP contribution in [-0.4, -0.2) is 15.9 Å². The van der Waals surface area contributed by atoms with Crippen LogP contribution in [0.25, 0.3) is 11.5 Å². The normalized spacial score (nSPS) is 10.3. The largest absolute Gasteiger partial charge is 0.334 e. The van der Waals surface area contributed by atoms with Crippen molar-refractivity contribution in [2.45, 2.75) is 12.7 Å². The summed E-state index contributed by atoms with van der Waals surface area (Å²) in [5, 5.41) is 12.7. The van der Waals surface area contributed by atoms with Gasteiger partial charge in [-0.05, 0) is 17.9 Å². The summed E-state index contributed by atoms with van der Waals surface area (Å²) in [6.07, 6.45) is 0. The quantitative estimate of drug-likeness (QED) is 0.848. The van der Waals surface area contributed by atoms with E-state index in [1.807, 2.05) is 6.92 Å². The zero-order valence-electron chi connectivity index (χ0n) is 9.68. The van der Waals surface area contributed by atoms with Gasteiger partial charge in [0.15, 0.2) is 5.82 Å². The number of benzene rings is 1. The van der Waals surface area contributed by atoms with Gasteiger partial charge in [0.25, 0.3) is 5.89 Å². The zero-order chi connectivity index (χ0) is 13.0. The fraction of sp³-hybridized carbons (Fsp3) is 0.250. The molecule has 0 aliphatic heterocycles. The molecule has 0 saturated carbocycles. The lowest BCUT2D eigenvalue weighted by Gasteiger charge is -1.98. The van der Waals surface area contributed by atoms with E-state index in [2.05, 4.69) is 10.1 Å². The summed E-state index contributed by atoms with van der Waals surface area (Å²) in [6, 6.07) is 6.13. The fourth-order valence-electron chi connectivity index (χ4n) is 1.43. The third kappa shape index (κ3) is 2.51. The molecule has 0 amide bonds. The third-order valence-electron chi connectivity index (χ3n) is 2.26. The molecule has 0 unspecified atom stereocenters. The van der Waals surface area contributed by atoms with E-state index in [-0.39, 0.29) is 11.5 Å². The van der Waals surface area contributed by atoms with Crippen molar-refractivity contribution in [3.63, 3.8) is 0 Å². The Kier molecular flexibility index (Phi) is 3.95. The van der Waals surface area contributed by atoms with E-state index in [1.165, 1.54) is 12.1 Å². The first-order chi connectivity index (χ1) is 8.76. The minimum Gasteiger partial charge on any atom is -0.334 e. The number of thioether (sulfide) groups is 1. The van der Waals surface area contributed by atoms with Gasteiger partial charge in [0.1, 0.15) is 17.4 Å². The van der Waals surface area contributed by atoms with Crippen LogP contribution in [0, 0.1) is 17.1 Å². The molecule has 0 aliphatic rings. The van der Waals surface area contributed by atoms with Crippen LogP contribution >= 0.6 is 11.8 Å². The molecule has 1 aromatic carbocycles. The van der Waals surface area contributed by atoms with Crippen LogP contribution in [0.15, 0.2) is 22.7 Å². The lowest BCUT2D eigenvalue weighted by molar-refractivity contribution is 0.424. The number of hydrogen-bond donors (Lipinski definition) is 0. The van der Waals surface area contributed by atoms with E-state index < -0.39 is 5.82 Å². The maximum absolute atomic E-state index is 13.4. The second-order valence-electron chi connectivity index (χ2n) is 3.43. The van der Waals surface area contributed by atoms with E-state index in [9.17, 15) is 4.39 Å². The highest BCUT2D eigenvalue weighted by Gasteiger charge is 2.15. The molecule has 0 spiro atoms. The highest BCUT2D eigenvalue weighted by atomic mass is 32.2.